The molecule has 0 radical (unpaired) electrons. The molecule has 106 valence electrons. The van der Waals surface area contributed by atoms with Gasteiger partial charge in [-0.15, -0.1) is 0 Å². The lowest BCUT2D eigenvalue weighted by molar-refractivity contribution is -0.123. The number of carbonyl (C=O) groups excluding carboxylic acids is 1. The molecule has 19 heavy (non-hydrogen) atoms. The fourth-order valence-electron chi connectivity index (χ4n) is 1.18. The second kappa shape index (κ2) is 5.34. The summed E-state index contributed by atoms with van der Waals surface area (Å²) in [6.07, 6.45) is 0.848. The largest absolute Gasteiger partial charge is 0.368 e. The van der Waals surface area contributed by atoms with Crippen LogP contribution >= 0.6 is 0 Å². The molecule has 0 saturated carbocycles. The number of carbonyl (C=O) groups is 1. The molecule has 1 rings (SSSR count). The van der Waals surface area contributed by atoms with Crippen LogP contribution in [0.25, 0.3) is 0 Å². The monoisotopic (exact) mass is 292 g/mol. The van der Waals surface area contributed by atoms with Crippen LogP contribution in [0, 0.1) is 0 Å². The van der Waals surface area contributed by atoms with Crippen LogP contribution in [0.4, 0.5) is 0 Å². The lowest BCUT2D eigenvalue weighted by Gasteiger charge is -2.08. The molecule has 0 aromatic carbocycles. The highest BCUT2D eigenvalue weighted by atomic mass is 32.2. The zero-order chi connectivity index (χ0) is 14.8. The average Bonchev–Trinajstić information content (AvgIpc) is 2.30. The Balaban J connectivity index is 3.20. The first-order valence-electron chi connectivity index (χ1n) is 4.85. The van der Waals surface area contributed by atoms with Crippen molar-refractivity contribution in [3.8, 4) is 0 Å². The maximum Gasteiger partial charge on any atom is 0.330 e. The van der Waals surface area contributed by atoms with E-state index in [0.29, 0.717) is 4.57 Å². The van der Waals surface area contributed by atoms with Crippen LogP contribution in [0.1, 0.15) is 0 Å². The SMILES string of the molecule is Cn1cc(S(=O)(=O)NOCC(N)=O)c(=O)n(C)c1=O. The lowest BCUT2D eigenvalue weighted by atomic mass is 10.6. The number of hydrogen-bond donors (Lipinski definition) is 2. The van der Waals surface area contributed by atoms with Gasteiger partial charge in [-0.2, -0.15) is 0 Å². The Kier molecular flexibility index (Phi) is 4.24. The molecule has 0 bridgehead atoms. The number of sulfonamides is 1. The standard InChI is InChI=1S/C8H12N4O6S/c1-11-3-5(7(14)12(2)8(11)15)19(16,17)10-18-4-6(9)13/h3,10H,4H2,1-2H3,(H2,9,13). The predicted octanol–water partition coefficient (Wildman–Crippen LogP) is -3.22. The molecule has 1 aromatic heterocycles. The minimum atomic E-state index is -4.32. The first-order valence-corrected chi connectivity index (χ1v) is 6.33. The van der Waals surface area contributed by atoms with E-state index in [1.807, 2.05) is 0 Å². The Morgan fingerprint density at radius 3 is 2.53 bits per heavy atom. The van der Waals surface area contributed by atoms with Crippen LogP contribution in [0.5, 0.6) is 0 Å². The summed E-state index contributed by atoms with van der Waals surface area (Å²) >= 11 is 0. The summed E-state index contributed by atoms with van der Waals surface area (Å²) in [5, 5.41) is 0. The maximum absolute atomic E-state index is 11.7. The van der Waals surface area contributed by atoms with Gasteiger partial charge < -0.3 is 10.3 Å². The second-order valence-corrected chi connectivity index (χ2v) is 5.21. The Hall–Kier alpha value is -1.98. The van der Waals surface area contributed by atoms with Crippen molar-refractivity contribution in [2.45, 2.75) is 4.90 Å². The molecule has 1 aromatic rings. The third-order valence-corrected chi connectivity index (χ3v) is 3.28. The number of rotatable bonds is 5. The van der Waals surface area contributed by atoms with Crippen LogP contribution in [0.2, 0.25) is 0 Å². The van der Waals surface area contributed by atoms with Gasteiger partial charge in [-0.25, -0.2) is 13.2 Å². The second-order valence-electron chi connectivity index (χ2n) is 3.59. The summed E-state index contributed by atoms with van der Waals surface area (Å²) in [6.45, 7) is -0.689. The third kappa shape index (κ3) is 3.27. The van der Waals surface area contributed by atoms with Gasteiger partial charge in [0.15, 0.2) is 4.90 Å². The van der Waals surface area contributed by atoms with Crippen LogP contribution < -0.4 is 21.9 Å². The van der Waals surface area contributed by atoms with Gasteiger partial charge in [-0.05, 0) is 0 Å². The van der Waals surface area contributed by atoms with Crippen molar-refractivity contribution >= 4 is 15.9 Å². The lowest BCUT2D eigenvalue weighted by Crippen LogP contribution is -2.41. The predicted molar refractivity (Wildman–Crippen MR) is 62.4 cm³/mol. The fraction of sp³-hybridized carbons (Fsp3) is 0.375. The molecule has 0 aliphatic carbocycles. The first-order chi connectivity index (χ1) is 8.66. The molecule has 0 saturated heterocycles. The van der Waals surface area contributed by atoms with Crippen molar-refractivity contribution in [3.05, 3.63) is 27.0 Å². The Bertz CT molecular complexity index is 716. The summed E-state index contributed by atoms with van der Waals surface area (Å²) in [4.78, 5) is 38.7. The van der Waals surface area contributed by atoms with Gasteiger partial charge in [0.05, 0.1) is 0 Å². The minimum absolute atomic E-state index is 0.628. The number of amides is 1. The molecule has 0 fully saturated rings. The fourth-order valence-corrected chi connectivity index (χ4v) is 2.15. The number of aryl methyl sites for hydroxylation is 1. The Morgan fingerprint density at radius 2 is 2.00 bits per heavy atom. The maximum atomic E-state index is 11.7. The smallest absolute Gasteiger partial charge is 0.330 e. The van der Waals surface area contributed by atoms with Crippen LogP contribution in [0.3, 0.4) is 0 Å². The number of nitrogens with two attached hydrogens (primary N) is 1. The molecule has 3 N–H and O–H groups in total. The van der Waals surface area contributed by atoms with Gasteiger partial charge in [-0.1, -0.05) is 4.89 Å². The van der Waals surface area contributed by atoms with Crippen molar-refractivity contribution in [2.24, 2.45) is 19.8 Å². The zero-order valence-corrected chi connectivity index (χ0v) is 10.9. The van der Waals surface area contributed by atoms with E-state index < -0.39 is 38.7 Å². The molecule has 0 spiro atoms. The van der Waals surface area contributed by atoms with Crippen molar-refractivity contribution in [1.82, 2.24) is 14.0 Å². The van der Waals surface area contributed by atoms with Crippen LogP contribution in [-0.4, -0.2) is 30.1 Å². The molecule has 0 aliphatic rings. The Morgan fingerprint density at radius 1 is 1.42 bits per heavy atom. The highest BCUT2D eigenvalue weighted by Crippen LogP contribution is 1.99. The van der Waals surface area contributed by atoms with Gasteiger partial charge in [0, 0.05) is 20.3 Å². The molecule has 10 nitrogen and oxygen atoms in total. The van der Waals surface area contributed by atoms with Crippen molar-refractivity contribution in [3.63, 3.8) is 0 Å². The summed E-state index contributed by atoms with van der Waals surface area (Å²) in [7, 11) is -1.91. The normalized spacial score (nSPS) is 11.5. The van der Waals surface area contributed by atoms with Crippen LogP contribution in [0.15, 0.2) is 20.7 Å². The van der Waals surface area contributed by atoms with E-state index in [0.717, 1.165) is 17.8 Å². The van der Waals surface area contributed by atoms with Gasteiger partial charge in [0.25, 0.3) is 15.6 Å². The molecule has 0 atom stereocenters. The van der Waals surface area contributed by atoms with Crippen molar-refractivity contribution in [1.29, 1.82) is 0 Å². The van der Waals surface area contributed by atoms with Crippen molar-refractivity contribution in [2.75, 3.05) is 6.61 Å². The topological polar surface area (TPSA) is 142 Å². The van der Waals surface area contributed by atoms with Crippen molar-refractivity contribution < 1.29 is 18.0 Å². The van der Waals surface area contributed by atoms with E-state index in [-0.39, 0.29) is 0 Å². The van der Waals surface area contributed by atoms with Gasteiger partial charge in [0.1, 0.15) is 6.61 Å². The Labute approximate surface area is 107 Å². The molecule has 1 heterocycles. The highest BCUT2D eigenvalue weighted by molar-refractivity contribution is 7.89. The minimum Gasteiger partial charge on any atom is -0.368 e. The van der Waals surface area contributed by atoms with E-state index in [2.05, 4.69) is 4.84 Å². The number of aromatic nitrogens is 2. The molecule has 0 aliphatic heterocycles. The van der Waals surface area contributed by atoms with Crippen LogP contribution in [-0.2, 0) is 33.8 Å². The number of hydrogen-bond acceptors (Lipinski definition) is 6. The summed E-state index contributed by atoms with van der Waals surface area (Å²) < 4.78 is 25.0. The third-order valence-electron chi connectivity index (χ3n) is 2.09. The molecule has 11 heteroatoms. The average molecular weight is 292 g/mol. The highest BCUT2D eigenvalue weighted by Gasteiger charge is 2.21. The molecular weight excluding hydrogens is 280 g/mol. The molecule has 1 amide bonds. The quantitative estimate of drug-likeness (QED) is 0.546. The zero-order valence-electron chi connectivity index (χ0n) is 10.1. The van der Waals surface area contributed by atoms with E-state index in [1.54, 1.807) is 4.89 Å². The first kappa shape index (κ1) is 15.1. The summed E-state index contributed by atoms with van der Waals surface area (Å²) in [5.74, 6) is -0.893. The molecule has 0 unspecified atom stereocenters. The van der Waals surface area contributed by atoms with E-state index >= 15 is 0 Å². The number of nitrogens with one attached hydrogen (secondary N) is 1. The summed E-state index contributed by atoms with van der Waals surface area (Å²) in [5.41, 5.74) is 3.05. The summed E-state index contributed by atoms with van der Waals surface area (Å²) in [6, 6.07) is 0. The number of nitrogens with zero attached hydrogens (tertiary/aromatic N) is 2. The van der Waals surface area contributed by atoms with E-state index in [4.69, 9.17) is 5.73 Å². The molecular formula is C8H12N4O6S. The van der Waals surface area contributed by atoms with E-state index in [9.17, 15) is 22.8 Å². The van der Waals surface area contributed by atoms with E-state index in [1.165, 1.54) is 7.05 Å². The number of primary amides is 1. The van der Waals surface area contributed by atoms with Gasteiger partial charge in [-0.3, -0.25) is 19.0 Å². The van der Waals surface area contributed by atoms with Gasteiger partial charge >= 0.3 is 5.69 Å². The van der Waals surface area contributed by atoms with Gasteiger partial charge in [0.2, 0.25) is 5.91 Å².